The molecule has 0 saturated carbocycles. The van der Waals surface area contributed by atoms with Crippen molar-refractivity contribution in [2.24, 2.45) is 0 Å². The third-order valence-corrected chi connectivity index (χ3v) is 7.06. The number of benzene rings is 6. The van der Waals surface area contributed by atoms with Gasteiger partial charge < -0.3 is 4.57 Å². The maximum atomic E-state index is 2.44. The Balaban J connectivity index is 1.82. The molecule has 0 radical (unpaired) electrons. The molecule has 0 spiro atoms. The summed E-state index contributed by atoms with van der Waals surface area (Å²) in [6.45, 7) is 0. The van der Waals surface area contributed by atoms with Crippen LogP contribution >= 0.6 is 0 Å². The minimum Gasteiger partial charge on any atom is -0.309 e. The fourth-order valence-corrected chi connectivity index (χ4v) is 5.86. The topological polar surface area (TPSA) is 4.93 Å². The summed E-state index contributed by atoms with van der Waals surface area (Å²) in [6.07, 6.45) is 0. The Kier molecular flexibility index (Phi) is 2.70. The molecule has 0 unspecified atom stereocenters. The lowest BCUT2D eigenvalue weighted by Crippen LogP contribution is -1.94. The number of hydrogen-bond acceptors (Lipinski definition) is 0. The molecule has 8 rings (SSSR count). The maximum absolute atomic E-state index is 2.44. The minimum atomic E-state index is 1.21. The highest BCUT2D eigenvalue weighted by molar-refractivity contribution is 6.38. The van der Waals surface area contributed by atoms with Crippen LogP contribution in [0.1, 0.15) is 0 Å². The van der Waals surface area contributed by atoms with Crippen molar-refractivity contribution in [2.45, 2.75) is 0 Å². The monoisotopic (exact) mass is 391 g/mol. The van der Waals surface area contributed by atoms with Crippen molar-refractivity contribution in [2.75, 3.05) is 0 Å². The van der Waals surface area contributed by atoms with Gasteiger partial charge in [-0.2, -0.15) is 0 Å². The molecule has 7 aromatic rings. The molecule has 1 aliphatic rings. The molecule has 0 aliphatic heterocycles. The van der Waals surface area contributed by atoms with E-state index >= 15 is 0 Å². The van der Waals surface area contributed by atoms with E-state index < -0.39 is 0 Å². The molecule has 0 fully saturated rings. The zero-order valence-corrected chi connectivity index (χ0v) is 16.8. The van der Waals surface area contributed by atoms with E-state index in [1.807, 2.05) is 0 Å². The predicted molar refractivity (Wildman–Crippen MR) is 132 cm³/mol. The first kappa shape index (κ1) is 15.7. The summed E-state index contributed by atoms with van der Waals surface area (Å²) >= 11 is 0. The van der Waals surface area contributed by atoms with Crippen LogP contribution in [0.5, 0.6) is 0 Å². The average molecular weight is 391 g/mol. The first-order valence-electron chi connectivity index (χ1n) is 10.8. The fraction of sp³-hybridized carbons (Fsp3) is 0. The highest BCUT2D eigenvalue weighted by Gasteiger charge is 2.23. The Bertz CT molecular complexity index is 1870. The van der Waals surface area contributed by atoms with E-state index in [4.69, 9.17) is 0 Å². The van der Waals surface area contributed by atoms with E-state index in [0.29, 0.717) is 0 Å². The molecule has 1 aliphatic carbocycles. The van der Waals surface area contributed by atoms with Gasteiger partial charge in [-0.1, -0.05) is 78.9 Å². The lowest BCUT2D eigenvalue weighted by atomic mass is 9.93. The summed E-state index contributed by atoms with van der Waals surface area (Å²) in [5.41, 5.74) is 6.44. The van der Waals surface area contributed by atoms with Crippen LogP contribution in [0, 0.1) is 0 Å². The van der Waals surface area contributed by atoms with Gasteiger partial charge >= 0.3 is 0 Å². The number of fused-ring (bicyclic) bond motifs is 1. The fourth-order valence-electron chi connectivity index (χ4n) is 5.86. The molecule has 0 N–H and O–H groups in total. The highest BCUT2D eigenvalue weighted by atomic mass is 15.0. The SMILES string of the molecule is c1ccc(-n2c3ccc4cccc5c4c3c3c4c(ccc6cccc-5c64)ccc32)cc1. The normalized spacial score (nSPS) is 12.5. The number of para-hydroxylation sites is 1. The number of aromatic nitrogens is 1. The lowest BCUT2D eigenvalue weighted by Gasteiger charge is -2.13. The highest BCUT2D eigenvalue weighted by Crippen LogP contribution is 2.49. The van der Waals surface area contributed by atoms with Crippen LogP contribution in [-0.2, 0) is 0 Å². The zero-order valence-electron chi connectivity index (χ0n) is 16.8. The van der Waals surface area contributed by atoms with Crippen LogP contribution in [0.25, 0.3) is 70.9 Å². The number of rotatable bonds is 1. The molecular formula is C30H17N. The molecule has 1 heterocycles. The third kappa shape index (κ3) is 1.79. The molecule has 1 nitrogen and oxygen atoms in total. The van der Waals surface area contributed by atoms with Crippen molar-refractivity contribution in [3.63, 3.8) is 0 Å². The van der Waals surface area contributed by atoms with E-state index in [1.54, 1.807) is 0 Å². The van der Waals surface area contributed by atoms with Gasteiger partial charge in [0.05, 0.1) is 11.0 Å². The maximum Gasteiger partial charge on any atom is 0.0548 e. The molecule has 0 atom stereocenters. The van der Waals surface area contributed by atoms with Crippen LogP contribution in [-0.4, -0.2) is 4.57 Å². The predicted octanol–water partition coefficient (Wildman–Crippen LogP) is 8.22. The molecule has 1 aromatic heterocycles. The van der Waals surface area contributed by atoms with Crippen molar-refractivity contribution in [1.29, 1.82) is 0 Å². The quantitative estimate of drug-likeness (QED) is 0.248. The van der Waals surface area contributed by atoms with Gasteiger partial charge in [0.1, 0.15) is 0 Å². The van der Waals surface area contributed by atoms with Gasteiger partial charge in [0.15, 0.2) is 0 Å². The Hall–Kier alpha value is -4.10. The van der Waals surface area contributed by atoms with Crippen molar-refractivity contribution < 1.29 is 0 Å². The Labute approximate surface area is 178 Å². The van der Waals surface area contributed by atoms with Gasteiger partial charge in [0, 0.05) is 21.8 Å². The summed E-state index contributed by atoms with van der Waals surface area (Å²) < 4.78 is 2.44. The second-order valence-corrected chi connectivity index (χ2v) is 8.56. The third-order valence-electron chi connectivity index (χ3n) is 7.06. The van der Waals surface area contributed by atoms with Crippen LogP contribution < -0.4 is 0 Å². The zero-order chi connectivity index (χ0) is 20.1. The standard InChI is InChI=1S/C30H17N/c1-2-8-21(9-3-1)31-24-16-14-19-7-5-11-23-22-10-4-6-18-12-13-20-15-17-25(31)30(28(20)26(18)22)29(24)27(19)23/h1-17H. The van der Waals surface area contributed by atoms with Gasteiger partial charge in [-0.25, -0.2) is 0 Å². The Morgan fingerprint density at radius 3 is 1.52 bits per heavy atom. The smallest absolute Gasteiger partial charge is 0.0548 e. The van der Waals surface area contributed by atoms with Gasteiger partial charge in [-0.3, -0.25) is 0 Å². The second kappa shape index (κ2) is 5.33. The Morgan fingerprint density at radius 2 is 0.871 bits per heavy atom. The number of nitrogens with zero attached hydrogens (tertiary/aromatic N) is 1. The molecule has 142 valence electrons. The molecule has 31 heavy (non-hydrogen) atoms. The average Bonchev–Trinajstić information content (AvgIpc) is 3.11. The molecule has 6 aromatic carbocycles. The Morgan fingerprint density at radius 1 is 0.355 bits per heavy atom. The molecular weight excluding hydrogens is 374 g/mol. The minimum absolute atomic E-state index is 1.21. The largest absolute Gasteiger partial charge is 0.309 e. The first-order valence-corrected chi connectivity index (χ1v) is 10.8. The molecule has 0 bridgehead atoms. The second-order valence-electron chi connectivity index (χ2n) is 8.56. The van der Waals surface area contributed by atoms with E-state index in [9.17, 15) is 0 Å². The molecule has 0 saturated heterocycles. The van der Waals surface area contributed by atoms with E-state index in [-0.39, 0.29) is 0 Å². The molecule has 0 amide bonds. The van der Waals surface area contributed by atoms with Crippen molar-refractivity contribution in [3.05, 3.63) is 103 Å². The van der Waals surface area contributed by atoms with Crippen LogP contribution in [0.3, 0.4) is 0 Å². The van der Waals surface area contributed by atoms with Crippen molar-refractivity contribution in [3.8, 4) is 16.8 Å². The van der Waals surface area contributed by atoms with Gasteiger partial charge in [0.25, 0.3) is 0 Å². The van der Waals surface area contributed by atoms with Crippen LogP contribution in [0.2, 0.25) is 0 Å². The molecule has 1 heteroatoms. The van der Waals surface area contributed by atoms with E-state index in [1.165, 1.54) is 70.9 Å². The lowest BCUT2D eigenvalue weighted by molar-refractivity contribution is 1.18. The van der Waals surface area contributed by atoms with Crippen molar-refractivity contribution in [1.82, 2.24) is 4.57 Å². The van der Waals surface area contributed by atoms with Crippen LogP contribution in [0.4, 0.5) is 0 Å². The summed E-state index contributed by atoms with van der Waals surface area (Å²) in [5.74, 6) is 0. The summed E-state index contributed by atoms with van der Waals surface area (Å²) in [4.78, 5) is 0. The van der Waals surface area contributed by atoms with Gasteiger partial charge in [-0.15, -0.1) is 0 Å². The summed E-state index contributed by atoms with van der Waals surface area (Å²) in [7, 11) is 0. The van der Waals surface area contributed by atoms with Crippen LogP contribution in [0.15, 0.2) is 103 Å². The summed E-state index contributed by atoms with van der Waals surface area (Å²) in [5, 5.41) is 10.8. The van der Waals surface area contributed by atoms with Crippen molar-refractivity contribution >= 4 is 54.1 Å². The van der Waals surface area contributed by atoms with Gasteiger partial charge in [0.2, 0.25) is 0 Å². The van der Waals surface area contributed by atoms with E-state index in [0.717, 1.165) is 0 Å². The first-order chi connectivity index (χ1) is 15.4. The van der Waals surface area contributed by atoms with Gasteiger partial charge in [-0.05, 0) is 62.3 Å². The summed E-state index contributed by atoms with van der Waals surface area (Å²) in [6, 6.07) is 38.0. The number of hydrogen-bond donors (Lipinski definition) is 0. The van der Waals surface area contributed by atoms with E-state index in [2.05, 4.69) is 108 Å².